The van der Waals surface area contributed by atoms with Crippen molar-refractivity contribution in [3.05, 3.63) is 47.2 Å². The lowest BCUT2D eigenvalue weighted by molar-refractivity contribution is -0.138. The number of amides is 3. The molecule has 0 aliphatic carbocycles. The minimum atomic E-state index is -0.483. The normalized spacial score (nSPS) is 16.5. The number of rotatable bonds is 11. The molecule has 0 saturated carbocycles. The molecule has 0 saturated heterocycles. The Morgan fingerprint density at radius 2 is 1.84 bits per heavy atom. The minimum absolute atomic E-state index is 0.0412. The minimum Gasteiger partial charge on any atom is -0.356 e. The Morgan fingerprint density at radius 1 is 1.13 bits per heavy atom. The number of carbonyl (C=O) groups is 3. The quantitative estimate of drug-likeness (QED) is 0.549. The molecule has 0 aromatic heterocycles. The summed E-state index contributed by atoms with van der Waals surface area (Å²) in [5.74, 6) is -0.730. The molecule has 1 aliphatic rings. The molecule has 2 rings (SSSR count). The third kappa shape index (κ3) is 7.23. The summed E-state index contributed by atoms with van der Waals surface area (Å²) in [5, 5.41) is 2.95. The van der Waals surface area contributed by atoms with Gasteiger partial charge in [-0.25, -0.2) is 0 Å². The maximum Gasteiger partial charge on any atom is 0.251 e. The Bertz CT molecular complexity index is 786. The standard InChI is InChI=1S/C25H37N3O3/c1-5-6-16-28-19(2)22(25(31)27(3)4)17-21(24(28)30)18-23(29)26-15-11-10-14-20-12-8-7-9-13-20/h7-9,12-13,21H,5-6,10-11,14-18H2,1-4H3,(H,26,29). The lowest BCUT2D eigenvalue weighted by atomic mass is 9.88. The van der Waals surface area contributed by atoms with Crippen molar-refractivity contribution in [2.45, 2.75) is 58.8 Å². The highest BCUT2D eigenvalue weighted by Crippen LogP contribution is 2.30. The van der Waals surface area contributed by atoms with E-state index in [-0.39, 0.29) is 24.1 Å². The van der Waals surface area contributed by atoms with E-state index in [1.807, 2.05) is 25.1 Å². The van der Waals surface area contributed by atoms with Crippen molar-refractivity contribution in [2.24, 2.45) is 5.92 Å². The number of nitrogens with zero attached hydrogens (tertiary/aromatic N) is 2. The second kappa shape index (κ2) is 12.3. The number of likely N-dealkylation sites (N-methyl/N-ethyl adjacent to an activating group) is 1. The molecule has 1 N–H and O–H groups in total. The van der Waals surface area contributed by atoms with Gasteiger partial charge in [0.2, 0.25) is 11.8 Å². The summed E-state index contributed by atoms with van der Waals surface area (Å²) in [6.07, 6.45) is 5.16. The molecule has 1 unspecified atom stereocenters. The van der Waals surface area contributed by atoms with Crippen LogP contribution in [0.4, 0.5) is 0 Å². The molecule has 6 heteroatoms. The summed E-state index contributed by atoms with van der Waals surface area (Å²) in [4.78, 5) is 41.4. The van der Waals surface area contributed by atoms with E-state index in [1.165, 1.54) is 10.5 Å². The second-order valence-corrected chi connectivity index (χ2v) is 8.50. The van der Waals surface area contributed by atoms with Crippen molar-refractivity contribution in [1.82, 2.24) is 15.1 Å². The summed E-state index contributed by atoms with van der Waals surface area (Å²) in [6.45, 7) is 5.10. The molecule has 1 atom stereocenters. The molecule has 0 spiro atoms. The first-order valence-corrected chi connectivity index (χ1v) is 11.4. The summed E-state index contributed by atoms with van der Waals surface area (Å²) < 4.78 is 0. The van der Waals surface area contributed by atoms with E-state index >= 15 is 0 Å². The van der Waals surface area contributed by atoms with Crippen molar-refractivity contribution in [3.8, 4) is 0 Å². The van der Waals surface area contributed by atoms with Crippen molar-refractivity contribution >= 4 is 17.7 Å². The third-order valence-electron chi connectivity index (χ3n) is 5.80. The average Bonchev–Trinajstić information content (AvgIpc) is 2.75. The maximum atomic E-state index is 13.0. The van der Waals surface area contributed by atoms with Gasteiger partial charge < -0.3 is 15.1 Å². The number of hydrogen-bond donors (Lipinski definition) is 1. The first kappa shape index (κ1) is 24.6. The van der Waals surface area contributed by atoms with Crippen molar-refractivity contribution in [3.63, 3.8) is 0 Å². The van der Waals surface area contributed by atoms with Crippen LogP contribution in [0.25, 0.3) is 0 Å². The third-order valence-corrected chi connectivity index (χ3v) is 5.80. The Labute approximate surface area is 186 Å². The van der Waals surface area contributed by atoms with Gasteiger partial charge in [0.25, 0.3) is 5.91 Å². The van der Waals surface area contributed by atoms with E-state index in [9.17, 15) is 14.4 Å². The van der Waals surface area contributed by atoms with Crippen LogP contribution in [0.5, 0.6) is 0 Å². The van der Waals surface area contributed by atoms with Gasteiger partial charge in [0, 0.05) is 44.9 Å². The predicted molar refractivity (Wildman–Crippen MR) is 123 cm³/mol. The molecule has 1 aromatic carbocycles. The SMILES string of the molecule is CCCCN1C(=O)C(CC(=O)NCCCCc2ccccc2)CC(C(=O)N(C)C)=C1C. The van der Waals surface area contributed by atoms with Gasteiger partial charge in [0.15, 0.2) is 0 Å². The molecule has 1 aromatic rings. The molecule has 1 heterocycles. The van der Waals surface area contributed by atoms with Gasteiger partial charge in [0.1, 0.15) is 0 Å². The molecule has 0 radical (unpaired) electrons. The summed E-state index contributed by atoms with van der Waals surface area (Å²) >= 11 is 0. The highest BCUT2D eigenvalue weighted by atomic mass is 16.2. The molecular formula is C25H37N3O3. The van der Waals surface area contributed by atoms with Crippen LogP contribution in [0.2, 0.25) is 0 Å². The van der Waals surface area contributed by atoms with Crippen LogP contribution < -0.4 is 5.32 Å². The zero-order valence-corrected chi connectivity index (χ0v) is 19.4. The van der Waals surface area contributed by atoms with Crippen molar-refractivity contribution < 1.29 is 14.4 Å². The number of carbonyl (C=O) groups excluding carboxylic acids is 3. The molecule has 170 valence electrons. The van der Waals surface area contributed by atoms with Crippen LogP contribution in [0, 0.1) is 5.92 Å². The van der Waals surface area contributed by atoms with Gasteiger partial charge >= 0.3 is 0 Å². The smallest absolute Gasteiger partial charge is 0.251 e. The van der Waals surface area contributed by atoms with Crippen molar-refractivity contribution in [2.75, 3.05) is 27.2 Å². The second-order valence-electron chi connectivity index (χ2n) is 8.50. The maximum absolute atomic E-state index is 13.0. The topological polar surface area (TPSA) is 69.7 Å². The number of hydrogen-bond acceptors (Lipinski definition) is 3. The van der Waals surface area contributed by atoms with E-state index in [0.29, 0.717) is 25.1 Å². The van der Waals surface area contributed by atoms with E-state index in [4.69, 9.17) is 0 Å². The predicted octanol–water partition coefficient (Wildman–Crippen LogP) is 3.53. The highest BCUT2D eigenvalue weighted by molar-refractivity contribution is 5.98. The van der Waals surface area contributed by atoms with E-state index in [2.05, 4.69) is 24.4 Å². The summed E-state index contributed by atoms with van der Waals surface area (Å²) in [7, 11) is 3.43. The van der Waals surface area contributed by atoms with Crippen LogP contribution in [0.1, 0.15) is 57.9 Å². The van der Waals surface area contributed by atoms with Gasteiger partial charge in [-0.3, -0.25) is 14.4 Å². The number of allylic oxidation sites excluding steroid dienone is 1. The number of benzene rings is 1. The van der Waals surface area contributed by atoms with Crippen LogP contribution >= 0.6 is 0 Å². The van der Waals surface area contributed by atoms with Gasteiger partial charge in [-0.2, -0.15) is 0 Å². The number of aryl methyl sites for hydroxylation is 1. The van der Waals surface area contributed by atoms with Gasteiger partial charge in [-0.15, -0.1) is 0 Å². The lowest BCUT2D eigenvalue weighted by Gasteiger charge is -2.35. The average molecular weight is 428 g/mol. The van der Waals surface area contributed by atoms with E-state index in [0.717, 1.165) is 37.8 Å². The van der Waals surface area contributed by atoms with Gasteiger partial charge in [-0.05, 0) is 44.6 Å². The highest BCUT2D eigenvalue weighted by Gasteiger charge is 2.36. The Morgan fingerprint density at radius 3 is 2.48 bits per heavy atom. The molecule has 31 heavy (non-hydrogen) atoms. The Kier molecular flexibility index (Phi) is 9.76. The number of nitrogens with one attached hydrogen (secondary N) is 1. The zero-order valence-electron chi connectivity index (χ0n) is 19.4. The molecule has 0 bridgehead atoms. The van der Waals surface area contributed by atoms with Gasteiger partial charge in [-0.1, -0.05) is 43.7 Å². The van der Waals surface area contributed by atoms with E-state index in [1.54, 1.807) is 19.0 Å². The van der Waals surface area contributed by atoms with Crippen LogP contribution in [-0.4, -0.2) is 54.7 Å². The van der Waals surface area contributed by atoms with Gasteiger partial charge in [0.05, 0.1) is 5.92 Å². The van der Waals surface area contributed by atoms with Crippen LogP contribution in [0.15, 0.2) is 41.6 Å². The number of unbranched alkanes of at least 4 members (excludes halogenated alkanes) is 2. The molecule has 0 fully saturated rings. The lowest BCUT2D eigenvalue weighted by Crippen LogP contribution is -2.44. The zero-order chi connectivity index (χ0) is 22.8. The monoisotopic (exact) mass is 427 g/mol. The fourth-order valence-electron chi connectivity index (χ4n) is 3.92. The summed E-state index contributed by atoms with van der Waals surface area (Å²) in [6, 6.07) is 10.3. The fraction of sp³-hybridized carbons (Fsp3) is 0.560. The first-order valence-electron chi connectivity index (χ1n) is 11.4. The largest absolute Gasteiger partial charge is 0.356 e. The Hall–Kier alpha value is -2.63. The fourth-order valence-corrected chi connectivity index (χ4v) is 3.92. The Balaban J connectivity index is 1.90. The molecular weight excluding hydrogens is 390 g/mol. The summed E-state index contributed by atoms with van der Waals surface area (Å²) in [5.41, 5.74) is 2.67. The van der Waals surface area contributed by atoms with Crippen molar-refractivity contribution in [1.29, 1.82) is 0 Å². The molecule has 1 aliphatic heterocycles. The van der Waals surface area contributed by atoms with Crippen LogP contribution in [-0.2, 0) is 20.8 Å². The molecule has 6 nitrogen and oxygen atoms in total. The van der Waals surface area contributed by atoms with Crippen LogP contribution in [0.3, 0.4) is 0 Å². The first-order chi connectivity index (χ1) is 14.8. The molecule has 3 amide bonds. The van der Waals surface area contributed by atoms with E-state index < -0.39 is 5.92 Å².